The van der Waals surface area contributed by atoms with Gasteiger partial charge in [0.1, 0.15) is 0 Å². The predicted octanol–water partition coefficient (Wildman–Crippen LogP) is -0.409. The van der Waals surface area contributed by atoms with Crippen molar-refractivity contribution in [1.82, 2.24) is 9.44 Å². The van der Waals surface area contributed by atoms with Crippen molar-refractivity contribution in [1.29, 1.82) is 0 Å². The Hall–Kier alpha value is -0.860. The Morgan fingerprint density at radius 3 is 2.53 bits per heavy atom. The molecule has 0 aliphatic heterocycles. The van der Waals surface area contributed by atoms with Gasteiger partial charge >= 0.3 is 0 Å². The van der Waals surface area contributed by atoms with E-state index < -0.39 is 16.3 Å². The third kappa shape index (κ3) is 4.88. The van der Waals surface area contributed by atoms with Crippen molar-refractivity contribution >= 4 is 16.0 Å². The van der Waals surface area contributed by atoms with Crippen LogP contribution in [-0.4, -0.2) is 32.0 Å². The molecular weight excluding hydrogens is 244 g/mol. The highest BCUT2D eigenvalue weighted by Gasteiger charge is 2.36. The van der Waals surface area contributed by atoms with Gasteiger partial charge in [-0.05, 0) is 24.7 Å². The Balaban J connectivity index is 2.60. The lowest BCUT2D eigenvalue weighted by atomic mass is 10.2. The average molecular weight is 264 g/mol. The summed E-state index contributed by atoms with van der Waals surface area (Å²) < 4.78 is 28.2. The van der Waals surface area contributed by atoms with Gasteiger partial charge in [0.05, 0.1) is 6.04 Å². The summed E-state index contributed by atoms with van der Waals surface area (Å²) in [6, 6.07) is -0.621. The molecule has 7 nitrogen and oxygen atoms in total. The van der Waals surface area contributed by atoms with E-state index in [-0.39, 0.29) is 17.7 Å². The maximum absolute atomic E-state index is 11.7. The summed E-state index contributed by atoms with van der Waals surface area (Å²) in [5.74, 6) is 0.249. The molecule has 0 heterocycles. The molecule has 17 heavy (non-hydrogen) atoms. The van der Waals surface area contributed by atoms with Gasteiger partial charge in [-0.15, -0.1) is 0 Å². The number of nitrogens with one attached hydrogen (secondary N) is 2. The Morgan fingerprint density at radius 2 is 2.12 bits per heavy atom. The number of nitrogens with two attached hydrogens (primary N) is 1. The molecule has 0 bridgehead atoms. The molecule has 1 fully saturated rings. The molecule has 0 amide bonds. The van der Waals surface area contributed by atoms with Crippen LogP contribution in [0.2, 0.25) is 0 Å². The first-order chi connectivity index (χ1) is 7.85. The highest BCUT2D eigenvalue weighted by Crippen LogP contribution is 2.32. The van der Waals surface area contributed by atoms with Gasteiger partial charge < -0.3 is 10.9 Å². The maximum atomic E-state index is 11.7. The zero-order valence-corrected chi connectivity index (χ0v) is 10.9. The summed E-state index contributed by atoms with van der Waals surface area (Å²) in [6.07, 6.45) is 1.77. The van der Waals surface area contributed by atoms with E-state index in [1.165, 1.54) is 0 Å². The summed E-state index contributed by atoms with van der Waals surface area (Å²) >= 11 is 0. The molecule has 1 rings (SSSR count). The maximum Gasteiger partial charge on any atom is 0.277 e. The lowest BCUT2D eigenvalue weighted by molar-refractivity contribution is 0.314. The molecule has 0 spiro atoms. The first kappa shape index (κ1) is 14.2. The molecule has 8 heteroatoms. The van der Waals surface area contributed by atoms with Crippen LogP contribution in [0.5, 0.6) is 0 Å². The second-order valence-corrected chi connectivity index (χ2v) is 6.23. The van der Waals surface area contributed by atoms with Crippen molar-refractivity contribution in [2.45, 2.75) is 32.7 Å². The van der Waals surface area contributed by atoms with Gasteiger partial charge in [-0.2, -0.15) is 13.1 Å². The molecule has 1 atom stereocenters. The smallest absolute Gasteiger partial charge is 0.277 e. The van der Waals surface area contributed by atoms with Gasteiger partial charge in [0, 0.05) is 6.54 Å². The van der Waals surface area contributed by atoms with Gasteiger partial charge in [-0.3, -0.25) is 0 Å². The molecule has 0 aromatic rings. The highest BCUT2D eigenvalue weighted by molar-refractivity contribution is 7.87. The van der Waals surface area contributed by atoms with Crippen LogP contribution in [0.1, 0.15) is 26.7 Å². The number of hydrogen-bond donors (Lipinski definition) is 4. The second kappa shape index (κ2) is 5.65. The Morgan fingerprint density at radius 1 is 1.53 bits per heavy atom. The first-order valence-corrected chi connectivity index (χ1v) is 7.08. The molecule has 5 N–H and O–H groups in total. The van der Waals surface area contributed by atoms with E-state index in [9.17, 15) is 8.42 Å². The number of rotatable bonds is 7. The average Bonchev–Trinajstić information content (AvgIpc) is 3.06. The second-order valence-electron chi connectivity index (χ2n) is 4.70. The molecule has 1 aliphatic rings. The fourth-order valence-electron chi connectivity index (χ4n) is 1.38. The lowest BCUT2D eigenvalue weighted by Crippen LogP contribution is -2.50. The molecule has 1 saturated carbocycles. The summed E-state index contributed by atoms with van der Waals surface area (Å²) in [5, 5.41) is 11.5. The molecule has 0 aromatic heterocycles. The van der Waals surface area contributed by atoms with Crippen molar-refractivity contribution in [3.63, 3.8) is 0 Å². The van der Waals surface area contributed by atoms with Gasteiger partial charge in [-0.1, -0.05) is 19.0 Å². The number of amidine groups is 1. The van der Waals surface area contributed by atoms with Gasteiger partial charge in [0.25, 0.3) is 10.2 Å². The molecule has 1 unspecified atom stereocenters. The fraction of sp³-hybridized carbons (Fsp3) is 0.889. The van der Waals surface area contributed by atoms with Crippen molar-refractivity contribution in [2.75, 3.05) is 6.54 Å². The summed E-state index contributed by atoms with van der Waals surface area (Å²) in [6.45, 7) is 4.16. The van der Waals surface area contributed by atoms with Crippen molar-refractivity contribution in [3.05, 3.63) is 0 Å². The van der Waals surface area contributed by atoms with E-state index in [0.29, 0.717) is 6.54 Å². The SMILES string of the molecule is CC(C)CNS(=O)(=O)NC(C(N)=NO)C1CC1. The minimum Gasteiger partial charge on any atom is -0.409 e. The largest absolute Gasteiger partial charge is 0.409 e. The minimum absolute atomic E-state index is 0.0950. The lowest BCUT2D eigenvalue weighted by Gasteiger charge is -2.17. The van der Waals surface area contributed by atoms with Gasteiger partial charge in [0.2, 0.25) is 0 Å². The predicted molar refractivity (Wildman–Crippen MR) is 64.8 cm³/mol. The summed E-state index contributed by atoms with van der Waals surface area (Å²) in [4.78, 5) is 0. The quantitative estimate of drug-likeness (QED) is 0.216. The van der Waals surface area contributed by atoms with E-state index in [1.807, 2.05) is 13.8 Å². The number of hydrogen-bond acceptors (Lipinski definition) is 4. The van der Waals surface area contributed by atoms with Crippen LogP contribution in [0, 0.1) is 11.8 Å². The van der Waals surface area contributed by atoms with E-state index in [2.05, 4.69) is 14.6 Å². The van der Waals surface area contributed by atoms with Crippen molar-refractivity contribution in [2.24, 2.45) is 22.7 Å². The van der Waals surface area contributed by atoms with Crippen LogP contribution in [0.15, 0.2) is 5.16 Å². The Labute approximate surface area is 102 Å². The van der Waals surface area contributed by atoms with E-state index >= 15 is 0 Å². The van der Waals surface area contributed by atoms with Crippen LogP contribution < -0.4 is 15.2 Å². The third-order valence-electron chi connectivity index (χ3n) is 2.49. The van der Waals surface area contributed by atoms with Crippen LogP contribution in [0.25, 0.3) is 0 Å². The number of oxime groups is 1. The molecule has 0 aromatic carbocycles. The zero-order valence-electron chi connectivity index (χ0n) is 10.0. The molecule has 0 saturated heterocycles. The third-order valence-corrected chi connectivity index (χ3v) is 3.60. The van der Waals surface area contributed by atoms with E-state index in [1.54, 1.807) is 0 Å². The minimum atomic E-state index is -3.61. The summed E-state index contributed by atoms with van der Waals surface area (Å²) in [7, 11) is -3.61. The number of nitrogens with zero attached hydrogens (tertiary/aromatic N) is 1. The van der Waals surface area contributed by atoms with Crippen molar-refractivity contribution < 1.29 is 13.6 Å². The van der Waals surface area contributed by atoms with Crippen LogP contribution in [0.3, 0.4) is 0 Å². The van der Waals surface area contributed by atoms with Crippen LogP contribution in [0.4, 0.5) is 0 Å². The van der Waals surface area contributed by atoms with Crippen molar-refractivity contribution in [3.8, 4) is 0 Å². The zero-order chi connectivity index (χ0) is 13.1. The molecule has 1 aliphatic carbocycles. The van der Waals surface area contributed by atoms with E-state index in [0.717, 1.165) is 12.8 Å². The van der Waals surface area contributed by atoms with Gasteiger partial charge in [-0.25, -0.2) is 4.72 Å². The standard InChI is InChI=1S/C9H20N4O3S/c1-6(2)5-11-17(15,16)13-8(7-3-4-7)9(10)12-14/h6-8,11,13-14H,3-5H2,1-2H3,(H2,10,12). The molecule has 0 radical (unpaired) electrons. The van der Waals surface area contributed by atoms with Gasteiger partial charge in [0.15, 0.2) is 5.84 Å². The first-order valence-electron chi connectivity index (χ1n) is 5.60. The fourth-order valence-corrected chi connectivity index (χ4v) is 2.66. The topological polar surface area (TPSA) is 117 Å². The Bertz CT molecular complexity index is 376. The van der Waals surface area contributed by atoms with E-state index in [4.69, 9.17) is 10.9 Å². The molecular formula is C9H20N4O3S. The van der Waals surface area contributed by atoms with Crippen LogP contribution in [-0.2, 0) is 10.2 Å². The molecule has 100 valence electrons. The monoisotopic (exact) mass is 264 g/mol. The Kier molecular flexibility index (Phi) is 4.72. The normalized spacial score (nSPS) is 19.6. The van der Waals surface area contributed by atoms with Crippen LogP contribution >= 0.6 is 0 Å². The summed E-state index contributed by atoms with van der Waals surface area (Å²) in [5.41, 5.74) is 5.47. The highest BCUT2D eigenvalue weighted by atomic mass is 32.2.